The SMILES string of the molecule is c1ccc(-c2nc3c(s2)CCCC3)cc1. The fourth-order valence-corrected chi connectivity index (χ4v) is 3.21. The van der Waals surface area contributed by atoms with Crippen LogP contribution in [0.2, 0.25) is 0 Å². The Morgan fingerprint density at radius 3 is 2.60 bits per heavy atom. The molecule has 0 radical (unpaired) electrons. The molecule has 0 atom stereocenters. The Hall–Kier alpha value is -1.15. The van der Waals surface area contributed by atoms with Gasteiger partial charge in [-0.1, -0.05) is 30.3 Å². The van der Waals surface area contributed by atoms with Gasteiger partial charge >= 0.3 is 0 Å². The molecule has 2 aromatic rings. The van der Waals surface area contributed by atoms with E-state index in [9.17, 15) is 0 Å². The minimum absolute atomic E-state index is 1.18. The number of aryl methyl sites for hydroxylation is 2. The molecule has 1 aliphatic carbocycles. The molecule has 0 unspecified atom stereocenters. The normalized spacial score (nSPS) is 14.9. The number of benzene rings is 1. The van der Waals surface area contributed by atoms with Crippen LogP contribution >= 0.6 is 11.3 Å². The Balaban J connectivity index is 2.03. The number of nitrogens with zero attached hydrogens (tertiary/aromatic N) is 1. The molecule has 0 saturated carbocycles. The lowest BCUT2D eigenvalue weighted by atomic mass is 10.0. The summed E-state index contributed by atoms with van der Waals surface area (Å²) in [4.78, 5) is 6.25. The lowest BCUT2D eigenvalue weighted by Crippen LogP contribution is -1.98. The highest BCUT2D eigenvalue weighted by atomic mass is 32.1. The smallest absolute Gasteiger partial charge is 0.123 e. The van der Waals surface area contributed by atoms with E-state index in [1.807, 2.05) is 11.3 Å². The van der Waals surface area contributed by atoms with E-state index in [4.69, 9.17) is 4.98 Å². The molecule has 0 spiro atoms. The minimum Gasteiger partial charge on any atom is -0.241 e. The predicted octanol–water partition coefficient (Wildman–Crippen LogP) is 3.69. The molecule has 0 fully saturated rings. The lowest BCUT2D eigenvalue weighted by molar-refractivity contribution is 0.682. The van der Waals surface area contributed by atoms with Crippen molar-refractivity contribution in [2.45, 2.75) is 25.7 Å². The van der Waals surface area contributed by atoms with Crippen molar-refractivity contribution in [1.82, 2.24) is 4.98 Å². The summed E-state index contributed by atoms with van der Waals surface area (Å²) in [5.41, 5.74) is 2.61. The highest BCUT2D eigenvalue weighted by Crippen LogP contribution is 2.32. The van der Waals surface area contributed by atoms with Gasteiger partial charge in [0.1, 0.15) is 5.01 Å². The zero-order valence-corrected chi connectivity index (χ0v) is 9.39. The maximum absolute atomic E-state index is 4.74. The van der Waals surface area contributed by atoms with Crippen LogP contribution in [0.15, 0.2) is 30.3 Å². The molecule has 1 nitrogen and oxygen atoms in total. The Bertz CT molecular complexity index is 435. The first-order valence-corrected chi connectivity index (χ1v) is 6.29. The summed E-state index contributed by atoms with van der Waals surface area (Å²) in [6.45, 7) is 0. The van der Waals surface area contributed by atoms with Crippen LogP contribution in [0.25, 0.3) is 10.6 Å². The number of fused-ring (bicyclic) bond motifs is 1. The van der Waals surface area contributed by atoms with Gasteiger partial charge in [-0.25, -0.2) is 4.98 Å². The first-order valence-electron chi connectivity index (χ1n) is 5.47. The molecule has 2 heteroatoms. The summed E-state index contributed by atoms with van der Waals surface area (Å²) in [6, 6.07) is 10.5. The molecule has 0 aliphatic heterocycles. The molecule has 76 valence electrons. The highest BCUT2D eigenvalue weighted by molar-refractivity contribution is 7.15. The van der Waals surface area contributed by atoms with Crippen LogP contribution in [0.4, 0.5) is 0 Å². The summed E-state index contributed by atoms with van der Waals surface area (Å²) >= 11 is 1.88. The molecule has 3 rings (SSSR count). The molecule has 0 saturated heterocycles. The third-order valence-corrected chi connectivity index (χ3v) is 4.07. The van der Waals surface area contributed by atoms with Gasteiger partial charge in [-0.2, -0.15) is 0 Å². The van der Waals surface area contributed by atoms with Crippen molar-refractivity contribution in [3.8, 4) is 10.6 Å². The van der Waals surface area contributed by atoms with Gasteiger partial charge in [-0.3, -0.25) is 0 Å². The van der Waals surface area contributed by atoms with Crippen LogP contribution in [0, 0.1) is 0 Å². The van der Waals surface area contributed by atoms with E-state index in [-0.39, 0.29) is 0 Å². The van der Waals surface area contributed by atoms with E-state index < -0.39 is 0 Å². The third kappa shape index (κ3) is 1.70. The van der Waals surface area contributed by atoms with Gasteiger partial charge in [0.25, 0.3) is 0 Å². The maximum atomic E-state index is 4.74. The average molecular weight is 215 g/mol. The van der Waals surface area contributed by atoms with Gasteiger partial charge in [-0.05, 0) is 25.7 Å². The van der Waals surface area contributed by atoms with E-state index in [0.717, 1.165) is 0 Å². The number of rotatable bonds is 1. The monoisotopic (exact) mass is 215 g/mol. The van der Waals surface area contributed by atoms with E-state index in [2.05, 4.69) is 30.3 Å². The van der Waals surface area contributed by atoms with Crippen molar-refractivity contribution in [2.75, 3.05) is 0 Å². The molecule has 0 bridgehead atoms. The van der Waals surface area contributed by atoms with E-state index in [0.29, 0.717) is 0 Å². The first-order chi connectivity index (χ1) is 7.43. The standard InChI is InChI=1S/C13H13NS/c1-2-6-10(7-3-1)13-14-11-8-4-5-9-12(11)15-13/h1-3,6-7H,4-5,8-9H2. The average Bonchev–Trinajstić information content (AvgIpc) is 2.74. The van der Waals surface area contributed by atoms with Gasteiger partial charge in [0, 0.05) is 10.4 Å². The van der Waals surface area contributed by atoms with Crippen molar-refractivity contribution in [2.24, 2.45) is 0 Å². The zero-order chi connectivity index (χ0) is 10.1. The summed E-state index contributed by atoms with van der Waals surface area (Å²) in [7, 11) is 0. The number of thiazole rings is 1. The second kappa shape index (κ2) is 3.78. The zero-order valence-electron chi connectivity index (χ0n) is 8.57. The Morgan fingerprint density at radius 1 is 1.00 bits per heavy atom. The Labute approximate surface area is 93.8 Å². The van der Waals surface area contributed by atoms with E-state index >= 15 is 0 Å². The van der Waals surface area contributed by atoms with Gasteiger partial charge in [0.15, 0.2) is 0 Å². The van der Waals surface area contributed by atoms with Crippen LogP contribution in [-0.4, -0.2) is 4.98 Å². The van der Waals surface area contributed by atoms with Crippen molar-refractivity contribution in [3.63, 3.8) is 0 Å². The topological polar surface area (TPSA) is 12.9 Å². The molecule has 15 heavy (non-hydrogen) atoms. The van der Waals surface area contributed by atoms with Gasteiger partial charge in [0.2, 0.25) is 0 Å². The summed E-state index contributed by atoms with van der Waals surface area (Å²) in [5.74, 6) is 0. The highest BCUT2D eigenvalue weighted by Gasteiger charge is 2.15. The second-order valence-corrected chi connectivity index (χ2v) is 5.05. The summed E-state index contributed by atoms with van der Waals surface area (Å²) in [5, 5.41) is 1.20. The molecule has 1 aromatic carbocycles. The van der Waals surface area contributed by atoms with Crippen molar-refractivity contribution in [3.05, 3.63) is 40.9 Å². The molecule has 1 heterocycles. The number of hydrogen-bond acceptors (Lipinski definition) is 2. The van der Waals surface area contributed by atoms with Crippen LogP contribution in [-0.2, 0) is 12.8 Å². The maximum Gasteiger partial charge on any atom is 0.123 e. The van der Waals surface area contributed by atoms with E-state index in [1.54, 1.807) is 0 Å². The fraction of sp³-hybridized carbons (Fsp3) is 0.308. The van der Waals surface area contributed by atoms with Gasteiger partial charge in [0.05, 0.1) is 5.69 Å². The largest absolute Gasteiger partial charge is 0.241 e. The van der Waals surface area contributed by atoms with Crippen LogP contribution in [0.5, 0.6) is 0 Å². The van der Waals surface area contributed by atoms with E-state index in [1.165, 1.54) is 46.8 Å². The Kier molecular flexibility index (Phi) is 2.29. The minimum atomic E-state index is 1.18. The van der Waals surface area contributed by atoms with Gasteiger partial charge in [-0.15, -0.1) is 11.3 Å². The van der Waals surface area contributed by atoms with Crippen LogP contribution < -0.4 is 0 Å². The van der Waals surface area contributed by atoms with Crippen LogP contribution in [0.3, 0.4) is 0 Å². The third-order valence-electron chi connectivity index (χ3n) is 2.87. The summed E-state index contributed by atoms with van der Waals surface area (Å²) in [6.07, 6.45) is 5.06. The lowest BCUT2D eigenvalue weighted by Gasteiger charge is -2.06. The quantitative estimate of drug-likeness (QED) is 0.707. The predicted molar refractivity (Wildman–Crippen MR) is 64.2 cm³/mol. The molecule has 1 aliphatic rings. The summed E-state index contributed by atoms with van der Waals surface area (Å²) < 4.78 is 0. The van der Waals surface area contributed by atoms with Crippen molar-refractivity contribution >= 4 is 11.3 Å². The Morgan fingerprint density at radius 2 is 1.80 bits per heavy atom. The first kappa shape index (κ1) is 9.10. The fourth-order valence-electron chi connectivity index (χ4n) is 2.06. The molecule has 0 N–H and O–H groups in total. The molecule has 1 aromatic heterocycles. The molecule has 0 amide bonds. The second-order valence-electron chi connectivity index (χ2n) is 3.96. The van der Waals surface area contributed by atoms with Crippen molar-refractivity contribution in [1.29, 1.82) is 0 Å². The number of aromatic nitrogens is 1. The number of hydrogen-bond donors (Lipinski definition) is 0. The molecular weight excluding hydrogens is 202 g/mol. The molecular formula is C13H13NS. The van der Waals surface area contributed by atoms with Crippen LogP contribution in [0.1, 0.15) is 23.4 Å². The van der Waals surface area contributed by atoms with Gasteiger partial charge < -0.3 is 0 Å². The van der Waals surface area contributed by atoms with Crippen molar-refractivity contribution < 1.29 is 0 Å².